The zero-order chi connectivity index (χ0) is 36.5. The SMILES string of the molecule is CC(C)N1CCc2cc(C(=O)Nc3cccc(-c4cccc(NC(=O)c5cc(C6CC6)c(CN6CCCC[C@H]6C(=O)O)cn5)c4Cl)c3Cl)ncc2C1. The molecular weight excluding hydrogens is 699 g/mol. The second kappa shape index (κ2) is 15.3. The average Bonchev–Trinajstić information content (AvgIpc) is 3.99. The summed E-state index contributed by atoms with van der Waals surface area (Å²) in [5, 5.41) is 16.2. The van der Waals surface area contributed by atoms with Crippen LogP contribution in [0.25, 0.3) is 11.1 Å². The van der Waals surface area contributed by atoms with Gasteiger partial charge in [-0.25, -0.2) is 0 Å². The molecule has 2 fully saturated rings. The van der Waals surface area contributed by atoms with Gasteiger partial charge in [0.25, 0.3) is 11.8 Å². The van der Waals surface area contributed by atoms with Crippen LogP contribution in [0.1, 0.15) is 95.1 Å². The van der Waals surface area contributed by atoms with Crippen molar-refractivity contribution in [2.45, 2.75) is 83.5 Å². The monoisotopic (exact) mass is 740 g/mol. The lowest BCUT2D eigenvalue weighted by Crippen LogP contribution is -2.44. The van der Waals surface area contributed by atoms with Gasteiger partial charge in [0.15, 0.2) is 0 Å². The molecule has 4 heterocycles. The summed E-state index contributed by atoms with van der Waals surface area (Å²) >= 11 is 13.8. The van der Waals surface area contributed by atoms with Crippen molar-refractivity contribution >= 4 is 52.4 Å². The van der Waals surface area contributed by atoms with Gasteiger partial charge >= 0.3 is 5.97 Å². The largest absolute Gasteiger partial charge is 0.480 e. The van der Waals surface area contributed by atoms with Gasteiger partial charge in [-0.05, 0) is 105 Å². The molecular formula is C40H42Cl2N6O4. The molecule has 12 heteroatoms. The molecule has 0 bridgehead atoms. The van der Waals surface area contributed by atoms with E-state index in [0.29, 0.717) is 58.1 Å². The summed E-state index contributed by atoms with van der Waals surface area (Å²) in [7, 11) is 0. The van der Waals surface area contributed by atoms with Gasteiger partial charge in [0.05, 0.1) is 21.4 Å². The normalized spacial score (nSPS) is 17.8. The lowest BCUT2D eigenvalue weighted by atomic mass is 9.99. The summed E-state index contributed by atoms with van der Waals surface area (Å²) in [6.45, 7) is 7.32. The van der Waals surface area contributed by atoms with Crippen LogP contribution in [-0.2, 0) is 24.3 Å². The molecule has 270 valence electrons. The molecule has 2 aromatic carbocycles. The summed E-state index contributed by atoms with van der Waals surface area (Å²) in [5.74, 6) is -1.23. The summed E-state index contributed by atoms with van der Waals surface area (Å²) in [6.07, 6.45) is 8.91. The van der Waals surface area contributed by atoms with Crippen LogP contribution in [0, 0.1) is 0 Å². The van der Waals surface area contributed by atoms with Crippen molar-refractivity contribution in [3.05, 3.63) is 105 Å². The smallest absolute Gasteiger partial charge is 0.320 e. The Morgan fingerprint density at radius 2 is 1.48 bits per heavy atom. The number of carboxylic acids is 1. The van der Waals surface area contributed by atoms with Crippen LogP contribution >= 0.6 is 23.2 Å². The fourth-order valence-corrected chi connectivity index (χ4v) is 7.83. The molecule has 4 aromatic rings. The first kappa shape index (κ1) is 36.0. The number of halogens is 2. The van der Waals surface area contributed by atoms with Gasteiger partial charge in [-0.1, -0.05) is 53.9 Å². The van der Waals surface area contributed by atoms with Crippen LogP contribution in [0.2, 0.25) is 10.0 Å². The number of anilines is 2. The number of carbonyl (C=O) groups excluding carboxylic acids is 2. The van der Waals surface area contributed by atoms with E-state index in [9.17, 15) is 19.5 Å². The second-order valence-electron chi connectivity index (χ2n) is 14.3. The minimum Gasteiger partial charge on any atom is -0.480 e. The van der Waals surface area contributed by atoms with Gasteiger partial charge in [0.1, 0.15) is 17.4 Å². The van der Waals surface area contributed by atoms with Crippen LogP contribution in [0.5, 0.6) is 0 Å². The highest BCUT2D eigenvalue weighted by atomic mass is 35.5. The highest BCUT2D eigenvalue weighted by molar-refractivity contribution is 6.40. The third-order valence-corrected chi connectivity index (χ3v) is 11.2. The molecule has 10 nitrogen and oxygen atoms in total. The number of fused-ring (bicyclic) bond motifs is 1. The number of hydrogen-bond donors (Lipinski definition) is 3. The Hall–Kier alpha value is -4.35. The number of amides is 2. The predicted octanol–water partition coefficient (Wildman–Crippen LogP) is 8.04. The Morgan fingerprint density at radius 3 is 2.10 bits per heavy atom. The van der Waals surface area contributed by atoms with Crippen molar-refractivity contribution in [3.8, 4) is 11.1 Å². The van der Waals surface area contributed by atoms with E-state index in [-0.39, 0.29) is 16.6 Å². The molecule has 3 aliphatic rings. The molecule has 1 atom stereocenters. The minimum absolute atomic E-state index is 0.260. The number of aromatic nitrogens is 2. The lowest BCUT2D eigenvalue weighted by molar-refractivity contribution is -0.144. The van der Waals surface area contributed by atoms with E-state index in [1.807, 2.05) is 23.1 Å². The third kappa shape index (κ3) is 7.71. The van der Waals surface area contributed by atoms with Crippen molar-refractivity contribution in [3.63, 3.8) is 0 Å². The molecule has 3 N–H and O–H groups in total. The van der Waals surface area contributed by atoms with Crippen LogP contribution in [0.3, 0.4) is 0 Å². The highest BCUT2D eigenvalue weighted by Gasteiger charge is 2.32. The van der Waals surface area contributed by atoms with Gasteiger partial charge < -0.3 is 15.7 Å². The quantitative estimate of drug-likeness (QED) is 0.149. The Bertz CT molecular complexity index is 2030. The van der Waals surface area contributed by atoms with Gasteiger partial charge in [-0.15, -0.1) is 0 Å². The van der Waals surface area contributed by atoms with Crippen LogP contribution in [0.15, 0.2) is 60.9 Å². The number of likely N-dealkylation sites (tertiary alicyclic amines) is 1. The first-order valence-corrected chi connectivity index (χ1v) is 18.7. The van der Waals surface area contributed by atoms with Crippen LogP contribution in [-0.4, -0.2) is 67.8 Å². The van der Waals surface area contributed by atoms with Crippen molar-refractivity contribution in [2.75, 3.05) is 23.7 Å². The number of hydrogen-bond acceptors (Lipinski definition) is 7. The molecule has 0 unspecified atom stereocenters. The molecule has 52 heavy (non-hydrogen) atoms. The third-order valence-electron chi connectivity index (χ3n) is 10.4. The van der Waals surface area contributed by atoms with E-state index in [2.05, 4.69) is 39.3 Å². The number of pyridine rings is 2. The van der Waals surface area contributed by atoms with E-state index in [4.69, 9.17) is 23.2 Å². The zero-order valence-corrected chi connectivity index (χ0v) is 30.8. The van der Waals surface area contributed by atoms with Gasteiger partial charge in [0.2, 0.25) is 0 Å². The van der Waals surface area contributed by atoms with Gasteiger partial charge in [-0.2, -0.15) is 0 Å². The van der Waals surface area contributed by atoms with E-state index < -0.39 is 17.9 Å². The number of nitrogens with zero attached hydrogens (tertiary/aromatic N) is 4. The maximum Gasteiger partial charge on any atom is 0.320 e. The van der Waals surface area contributed by atoms with E-state index in [1.54, 1.807) is 42.7 Å². The molecule has 2 amide bonds. The number of nitrogens with one attached hydrogen (secondary N) is 2. The van der Waals surface area contributed by atoms with E-state index >= 15 is 0 Å². The Labute approximate surface area is 313 Å². The van der Waals surface area contributed by atoms with Crippen LogP contribution < -0.4 is 10.6 Å². The molecule has 7 rings (SSSR count). The number of carboxylic acid groups (broad SMARTS) is 1. The second-order valence-corrected chi connectivity index (χ2v) is 15.0. The summed E-state index contributed by atoms with van der Waals surface area (Å²) < 4.78 is 0. The molecule has 2 aromatic heterocycles. The average molecular weight is 742 g/mol. The Balaban J connectivity index is 1.07. The highest BCUT2D eigenvalue weighted by Crippen LogP contribution is 2.43. The lowest BCUT2D eigenvalue weighted by Gasteiger charge is -2.33. The van der Waals surface area contributed by atoms with Crippen molar-refractivity contribution in [2.24, 2.45) is 0 Å². The first-order chi connectivity index (χ1) is 25.1. The van der Waals surface area contributed by atoms with E-state index in [1.165, 1.54) is 0 Å². The summed E-state index contributed by atoms with van der Waals surface area (Å²) in [4.78, 5) is 52.1. The molecule has 0 radical (unpaired) electrons. The molecule has 1 saturated carbocycles. The number of carbonyl (C=O) groups is 3. The molecule has 2 aliphatic heterocycles. The molecule has 1 saturated heterocycles. The van der Waals surface area contributed by atoms with Gasteiger partial charge in [0, 0.05) is 49.2 Å². The molecule has 0 spiro atoms. The summed E-state index contributed by atoms with van der Waals surface area (Å²) in [5.41, 5.74) is 6.83. The van der Waals surface area contributed by atoms with Crippen molar-refractivity contribution in [1.82, 2.24) is 19.8 Å². The van der Waals surface area contributed by atoms with Crippen molar-refractivity contribution in [1.29, 1.82) is 0 Å². The Kier molecular flexibility index (Phi) is 10.6. The minimum atomic E-state index is -0.797. The number of aliphatic carboxylic acids is 1. The van der Waals surface area contributed by atoms with Crippen LogP contribution in [0.4, 0.5) is 11.4 Å². The van der Waals surface area contributed by atoms with E-state index in [0.717, 1.165) is 74.0 Å². The van der Waals surface area contributed by atoms with Crippen molar-refractivity contribution < 1.29 is 19.5 Å². The first-order valence-electron chi connectivity index (χ1n) is 17.9. The fraction of sp³-hybridized carbons (Fsp3) is 0.375. The predicted molar refractivity (Wildman–Crippen MR) is 203 cm³/mol. The number of benzene rings is 2. The zero-order valence-electron chi connectivity index (χ0n) is 29.3. The maximum atomic E-state index is 13.6. The standard InChI is InChI=1S/C40H42Cl2N6O4/c1-23(2)47-16-14-25-17-33(43-19-26(25)21-47)38(49)45-31-9-5-7-28(36(31)41)29-8-6-10-32(37(29)42)46-39(50)34-18-30(24-12-13-24)27(20-44-34)22-48-15-4-3-11-35(48)40(51)52/h5-10,17-20,23-24,35H,3-4,11-16,21-22H2,1-2H3,(H,45,49)(H,46,50)(H,51,52)/t35-/m0/s1. The maximum absolute atomic E-state index is 13.6. The Morgan fingerprint density at radius 1 is 0.846 bits per heavy atom. The fourth-order valence-electron chi connectivity index (χ4n) is 7.28. The molecule has 1 aliphatic carbocycles. The van der Waals surface area contributed by atoms with Gasteiger partial charge in [-0.3, -0.25) is 34.2 Å². The number of rotatable bonds is 10. The number of piperidine rings is 1. The summed E-state index contributed by atoms with van der Waals surface area (Å²) in [6, 6.07) is 14.2. The topological polar surface area (TPSA) is 128 Å².